The predicted octanol–water partition coefficient (Wildman–Crippen LogP) is 4.13. The molecular weight excluding hydrogens is 388 g/mol. The van der Waals surface area contributed by atoms with E-state index in [9.17, 15) is 14.9 Å². The number of carbonyl (C=O) groups excluding carboxylic acids is 1. The van der Waals surface area contributed by atoms with Crippen LogP contribution in [0.3, 0.4) is 0 Å². The lowest BCUT2D eigenvalue weighted by atomic mass is 10.1. The van der Waals surface area contributed by atoms with Crippen LogP contribution in [0.25, 0.3) is 5.65 Å². The summed E-state index contributed by atoms with van der Waals surface area (Å²) in [5.41, 5.74) is 2.54. The smallest absolute Gasteiger partial charge is 0.274 e. The van der Waals surface area contributed by atoms with E-state index < -0.39 is 4.92 Å². The zero-order chi connectivity index (χ0) is 18.1. The van der Waals surface area contributed by atoms with Crippen LogP contribution in [0.4, 0.5) is 11.4 Å². The number of pyridine rings is 1. The Morgan fingerprint density at radius 3 is 2.80 bits per heavy atom. The fraction of sp³-hybridized carbons (Fsp3) is 0.176. The van der Waals surface area contributed by atoms with Gasteiger partial charge in [0.2, 0.25) is 0 Å². The van der Waals surface area contributed by atoms with E-state index in [2.05, 4.69) is 26.2 Å². The first-order chi connectivity index (χ1) is 11.9. The van der Waals surface area contributed by atoms with Crippen molar-refractivity contribution in [3.8, 4) is 0 Å². The minimum atomic E-state index is -0.464. The number of halogens is 1. The summed E-state index contributed by atoms with van der Waals surface area (Å²) in [6.45, 7) is 3.53. The van der Waals surface area contributed by atoms with Gasteiger partial charge >= 0.3 is 0 Å². The van der Waals surface area contributed by atoms with Crippen molar-refractivity contribution < 1.29 is 9.72 Å². The first kappa shape index (κ1) is 17.1. The molecule has 0 aliphatic heterocycles. The van der Waals surface area contributed by atoms with Crippen LogP contribution in [0.1, 0.15) is 28.7 Å². The molecule has 1 N–H and O–H groups in total. The van der Waals surface area contributed by atoms with Gasteiger partial charge in [0.1, 0.15) is 11.3 Å². The molecule has 8 heteroatoms. The van der Waals surface area contributed by atoms with Gasteiger partial charge < -0.3 is 5.32 Å². The van der Waals surface area contributed by atoms with Gasteiger partial charge in [0.05, 0.1) is 21.9 Å². The van der Waals surface area contributed by atoms with E-state index in [1.165, 1.54) is 6.07 Å². The first-order valence-electron chi connectivity index (χ1n) is 7.64. The quantitative estimate of drug-likeness (QED) is 0.524. The van der Waals surface area contributed by atoms with Crippen molar-refractivity contribution in [3.05, 3.63) is 68.1 Å². The number of fused-ring (bicyclic) bond motifs is 1. The number of nitro groups is 1. The summed E-state index contributed by atoms with van der Waals surface area (Å²) in [7, 11) is 0. The highest BCUT2D eigenvalue weighted by molar-refractivity contribution is 9.10. The Labute approximate surface area is 152 Å². The lowest BCUT2D eigenvalue weighted by Gasteiger charge is -2.09. The molecule has 2 heterocycles. The molecule has 0 bridgehead atoms. The first-order valence-corrected chi connectivity index (χ1v) is 8.43. The summed E-state index contributed by atoms with van der Waals surface area (Å²) in [6.07, 6.45) is 2.37. The highest BCUT2D eigenvalue weighted by Crippen LogP contribution is 2.26. The Morgan fingerprint density at radius 1 is 1.36 bits per heavy atom. The van der Waals surface area contributed by atoms with Crippen LogP contribution >= 0.6 is 15.9 Å². The third kappa shape index (κ3) is 3.12. The summed E-state index contributed by atoms with van der Waals surface area (Å²) < 4.78 is 2.53. The van der Waals surface area contributed by atoms with E-state index in [1.807, 2.05) is 19.1 Å². The number of amides is 1. The zero-order valence-corrected chi connectivity index (χ0v) is 15.2. The number of imidazole rings is 1. The van der Waals surface area contributed by atoms with Crippen LogP contribution in [0, 0.1) is 17.0 Å². The van der Waals surface area contributed by atoms with Crippen molar-refractivity contribution in [2.75, 3.05) is 5.32 Å². The second-order valence-corrected chi connectivity index (χ2v) is 6.41. The number of rotatable bonds is 4. The van der Waals surface area contributed by atoms with Crippen molar-refractivity contribution >= 4 is 38.9 Å². The third-order valence-electron chi connectivity index (χ3n) is 3.95. The molecule has 0 aliphatic carbocycles. The third-order valence-corrected chi connectivity index (χ3v) is 4.42. The van der Waals surface area contributed by atoms with Crippen molar-refractivity contribution in [1.82, 2.24) is 9.38 Å². The van der Waals surface area contributed by atoms with E-state index in [-0.39, 0.29) is 11.6 Å². The normalized spacial score (nSPS) is 10.8. The number of anilines is 1. The number of carbonyl (C=O) groups is 1. The molecule has 1 amide bonds. The Hall–Kier alpha value is -2.74. The summed E-state index contributed by atoms with van der Waals surface area (Å²) in [4.78, 5) is 27.9. The number of hydrogen-bond donors (Lipinski definition) is 1. The Balaban J connectivity index is 2.05. The Bertz CT molecular complexity index is 997. The van der Waals surface area contributed by atoms with Gasteiger partial charge in [-0.25, -0.2) is 4.98 Å². The molecule has 0 spiro atoms. The highest BCUT2D eigenvalue weighted by Gasteiger charge is 2.21. The predicted molar refractivity (Wildman–Crippen MR) is 98.1 cm³/mol. The topological polar surface area (TPSA) is 89.5 Å². The van der Waals surface area contributed by atoms with Gasteiger partial charge in [0.25, 0.3) is 11.6 Å². The van der Waals surface area contributed by atoms with Crippen molar-refractivity contribution in [1.29, 1.82) is 0 Å². The number of nitrogens with zero attached hydrogens (tertiary/aromatic N) is 3. The summed E-state index contributed by atoms with van der Waals surface area (Å²) in [5.74, 6) is -0.356. The van der Waals surface area contributed by atoms with Crippen LogP contribution in [0.2, 0.25) is 0 Å². The minimum absolute atomic E-state index is 0.0330. The number of hydrogen-bond acceptors (Lipinski definition) is 4. The van der Waals surface area contributed by atoms with Gasteiger partial charge in [-0.3, -0.25) is 19.3 Å². The van der Waals surface area contributed by atoms with E-state index in [1.54, 1.807) is 29.7 Å². The van der Waals surface area contributed by atoms with Crippen molar-refractivity contribution in [2.45, 2.75) is 20.3 Å². The van der Waals surface area contributed by atoms with E-state index in [0.29, 0.717) is 34.7 Å². The maximum absolute atomic E-state index is 12.9. The molecule has 0 aliphatic rings. The van der Waals surface area contributed by atoms with Gasteiger partial charge in [-0.05, 0) is 47.5 Å². The molecule has 0 atom stereocenters. The molecule has 1 aromatic carbocycles. The molecule has 0 unspecified atom stereocenters. The van der Waals surface area contributed by atoms with Gasteiger partial charge in [0.15, 0.2) is 0 Å². The van der Waals surface area contributed by atoms with E-state index in [0.717, 1.165) is 4.47 Å². The maximum atomic E-state index is 12.9. The second-order valence-electron chi connectivity index (χ2n) is 5.50. The standard InChI is InChI=1S/C17H15BrN4O3/c1-3-12-16(21-9-11(18)7-8-15(21)19-12)17(23)20-13-5-4-6-14(10(13)2)22(24)25/h4-9H,3H2,1-2H3,(H,20,23). The largest absolute Gasteiger partial charge is 0.320 e. The number of aryl methyl sites for hydroxylation is 1. The Morgan fingerprint density at radius 2 is 2.12 bits per heavy atom. The molecule has 3 aromatic rings. The van der Waals surface area contributed by atoms with Crippen LogP contribution in [-0.4, -0.2) is 20.2 Å². The molecular formula is C17H15BrN4O3. The van der Waals surface area contributed by atoms with E-state index >= 15 is 0 Å². The Kier molecular flexibility index (Phi) is 4.54. The van der Waals surface area contributed by atoms with Crippen molar-refractivity contribution in [3.63, 3.8) is 0 Å². The molecule has 0 saturated heterocycles. The minimum Gasteiger partial charge on any atom is -0.320 e. The lowest BCUT2D eigenvalue weighted by Crippen LogP contribution is -2.17. The monoisotopic (exact) mass is 402 g/mol. The molecule has 25 heavy (non-hydrogen) atoms. The van der Waals surface area contributed by atoms with Crippen LogP contribution < -0.4 is 5.32 Å². The molecule has 128 valence electrons. The number of benzene rings is 1. The van der Waals surface area contributed by atoms with E-state index in [4.69, 9.17) is 0 Å². The summed E-state index contributed by atoms with van der Waals surface area (Å²) in [5, 5.41) is 13.8. The maximum Gasteiger partial charge on any atom is 0.274 e. The summed E-state index contributed by atoms with van der Waals surface area (Å²) >= 11 is 3.40. The summed E-state index contributed by atoms with van der Waals surface area (Å²) in [6, 6.07) is 8.28. The highest BCUT2D eigenvalue weighted by atomic mass is 79.9. The second kappa shape index (κ2) is 6.64. The lowest BCUT2D eigenvalue weighted by molar-refractivity contribution is -0.385. The molecule has 0 radical (unpaired) electrons. The van der Waals surface area contributed by atoms with Crippen LogP contribution in [0.5, 0.6) is 0 Å². The fourth-order valence-electron chi connectivity index (χ4n) is 2.69. The van der Waals surface area contributed by atoms with Crippen molar-refractivity contribution in [2.24, 2.45) is 0 Å². The van der Waals surface area contributed by atoms with Gasteiger partial charge in [-0.2, -0.15) is 0 Å². The molecule has 0 fully saturated rings. The van der Waals surface area contributed by atoms with Gasteiger partial charge in [0, 0.05) is 16.7 Å². The van der Waals surface area contributed by atoms with Gasteiger partial charge in [-0.1, -0.05) is 13.0 Å². The molecule has 3 rings (SSSR count). The van der Waals surface area contributed by atoms with Crippen LogP contribution in [0.15, 0.2) is 41.0 Å². The fourth-order valence-corrected chi connectivity index (χ4v) is 3.03. The zero-order valence-electron chi connectivity index (χ0n) is 13.6. The molecule has 2 aromatic heterocycles. The van der Waals surface area contributed by atoms with Crippen LogP contribution in [-0.2, 0) is 6.42 Å². The number of nitro benzene ring substituents is 1. The molecule has 0 saturated carbocycles. The molecule has 7 nitrogen and oxygen atoms in total. The average molecular weight is 403 g/mol. The SMILES string of the molecule is CCc1nc2ccc(Br)cn2c1C(=O)Nc1cccc([N+](=O)[O-])c1C. The number of aromatic nitrogens is 2. The number of nitrogens with one attached hydrogen (secondary N) is 1. The average Bonchev–Trinajstić information content (AvgIpc) is 2.94. The van der Waals surface area contributed by atoms with Gasteiger partial charge in [-0.15, -0.1) is 0 Å².